The van der Waals surface area contributed by atoms with Gasteiger partial charge in [0, 0.05) is 17.5 Å². The quantitative estimate of drug-likeness (QED) is 0.648. The Balaban J connectivity index is 1.66. The third-order valence-electron chi connectivity index (χ3n) is 5.26. The average molecular weight is 415 g/mol. The lowest BCUT2D eigenvalue weighted by atomic mass is 10.2. The van der Waals surface area contributed by atoms with Crippen molar-refractivity contribution in [1.82, 2.24) is 9.88 Å². The molecule has 1 atom stereocenters. The van der Waals surface area contributed by atoms with Gasteiger partial charge in [-0.05, 0) is 30.7 Å². The van der Waals surface area contributed by atoms with Crippen LogP contribution in [0.4, 0.5) is 0 Å². The molecule has 0 spiro atoms. The Morgan fingerprint density at radius 3 is 2.83 bits per heavy atom. The number of rotatable bonds is 6. The molecule has 0 radical (unpaired) electrons. The molecule has 0 saturated heterocycles. The first-order valence-corrected chi connectivity index (χ1v) is 9.91. The molecule has 0 fully saturated rings. The predicted octanol–water partition coefficient (Wildman–Crippen LogP) is 4.41. The molecule has 6 nitrogen and oxygen atoms in total. The highest BCUT2D eigenvalue weighted by Crippen LogP contribution is 2.38. The number of aromatic nitrogens is 1. The maximum Gasteiger partial charge on any atom is 0.268 e. The standard InChI is InChI=1S/C22H23ClN2O4/c1-4-14-12-25-17(10-15-16(23)8-9-18(29-14)20(15)25)22(26)24-11-13-6-5-7-19(27-2)21(13)28-3/h5-10,14H,4,11-12H2,1-3H3,(H,24,26). The third-order valence-corrected chi connectivity index (χ3v) is 5.59. The van der Waals surface area contributed by atoms with Gasteiger partial charge in [0.25, 0.3) is 5.91 Å². The molecule has 4 rings (SSSR count). The van der Waals surface area contributed by atoms with Crippen LogP contribution in [0.3, 0.4) is 0 Å². The molecule has 0 saturated carbocycles. The summed E-state index contributed by atoms with van der Waals surface area (Å²) in [5, 5.41) is 4.42. The third kappa shape index (κ3) is 3.38. The summed E-state index contributed by atoms with van der Waals surface area (Å²) in [5.41, 5.74) is 2.27. The van der Waals surface area contributed by atoms with Gasteiger partial charge in [-0.1, -0.05) is 30.7 Å². The molecule has 7 heteroatoms. The molecular formula is C22H23ClN2O4. The van der Waals surface area contributed by atoms with Gasteiger partial charge in [-0.2, -0.15) is 0 Å². The van der Waals surface area contributed by atoms with Crippen LogP contribution >= 0.6 is 11.6 Å². The maximum atomic E-state index is 13.1. The average Bonchev–Trinajstić information content (AvgIpc) is 3.14. The van der Waals surface area contributed by atoms with E-state index in [9.17, 15) is 4.79 Å². The number of ether oxygens (including phenoxy) is 3. The van der Waals surface area contributed by atoms with E-state index in [0.29, 0.717) is 35.3 Å². The van der Waals surface area contributed by atoms with Crippen LogP contribution < -0.4 is 19.5 Å². The van der Waals surface area contributed by atoms with E-state index in [1.54, 1.807) is 14.2 Å². The molecule has 2 aromatic carbocycles. The highest BCUT2D eigenvalue weighted by Gasteiger charge is 2.27. The minimum atomic E-state index is -0.176. The fraction of sp³-hybridized carbons (Fsp3) is 0.318. The second-order valence-electron chi connectivity index (χ2n) is 6.93. The van der Waals surface area contributed by atoms with E-state index < -0.39 is 0 Å². The zero-order valence-corrected chi connectivity index (χ0v) is 17.4. The van der Waals surface area contributed by atoms with Crippen LogP contribution in [-0.4, -0.2) is 30.8 Å². The van der Waals surface area contributed by atoms with Crippen LogP contribution in [0.1, 0.15) is 29.4 Å². The Bertz CT molecular complexity index is 1080. The van der Waals surface area contributed by atoms with Gasteiger partial charge < -0.3 is 24.1 Å². The van der Waals surface area contributed by atoms with Gasteiger partial charge in [-0.15, -0.1) is 0 Å². The first kappa shape index (κ1) is 19.5. The van der Waals surface area contributed by atoms with Crippen LogP contribution in [0.25, 0.3) is 10.9 Å². The van der Waals surface area contributed by atoms with Crippen molar-refractivity contribution in [1.29, 1.82) is 0 Å². The fourth-order valence-corrected chi connectivity index (χ4v) is 3.99. The number of hydrogen-bond acceptors (Lipinski definition) is 4. The summed E-state index contributed by atoms with van der Waals surface area (Å²) < 4.78 is 18.8. The molecule has 1 aromatic heterocycles. The lowest BCUT2D eigenvalue weighted by Gasteiger charge is -2.26. The number of nitrogens with zero attached hydrogens (tertiary/aromatic N) is 1. The Morgan fingerprint density at radius 1 is 1.28 bits per heavy atom. The van der Waals surface area contributed by atoms with Gasteiger partial charge in [-0.3, -0.25) is 4.79 Å². The van der Waals surface area contributed by atoms with Crippen LogP contribution in [0.15, 0.2) is 36.4 Å². The first-order chi connectivity index (χ1) is 14.1. The van der Waals surface area contributed by atoms with Crippen molar-refractivity contribution < 1.29 is 19.0 Å². The number of carbonyl (C=O) groups excluding carboxylic acids is 1. The van der Waals surface area contributed by atoms with Crippen molar-refractivity contribution in [2.75, 3.05) is 14.2 Å². The van der Waals surface area contributed by atoms with Crippen molar-refractivity contribution in [3.8, 4) is 17.2 Å². The summed E-state index contributed by atoms with van der Waals surface area (Å²) in [7, 11) is 3.17. The zero-order chi connectivity index (χ0) is 20.5. The SMILES string of the molecule is CCC1Cn2c(C(=O)NCc3cccc(OC)c3OC)cc3c(Cl)ccc(c32)O1. The van der Waals surface area contributed by atoms with Crippen molar-refractivity contribution in [3.63, 3.8) is 0 Å². The van der Waals surface area contributed by atoms with Gasteiger partial charge in [0.1, 0.15) is 17.5 Å². The zero-order valence-electron chi connectivity index (χ0n) is 16.6. The summed E-state index contributed by atoms with van der Waals surface area (Å²) in [4.78, 5) is 13.1. The second-order valence-corrected chi connectivity index (χ2v) is 7.34. The number of carbonyl (C=O) groups is 1. The molecule has 1 unspecified atom stereocenters. The van der Waals surface area contributed by atoms with Crippen molar-refractivity contribution >= 4 is 28.4 Å². The lowest BCUT2D eigenvalue weighted by molar-refractivity contribution is 0.0935. The molecule has 1 N–H and O–H groups in total. The largest absolute Gasteiger partial charge is 0.493 e. The highest BCUT2D eigenvalue weighted by molar-refractivity contribution is 6.36. The van der Waals surface area contributed by atoms with Crippen LogP contribution in [0.2, 0.25) is 5.02 Å². The molecule has 3 aromatic rings. The van der Waals surface area contributed by atoms with E-state index in [0.717, 1.165) is 28.6 Å². The normalized spacial score (nSPS) is 15.1. The lowest BCUT2D eigenvalue weighted by Crippen LogP contribution is -2.31. The maximum absolute atomic E-state index is 13.1. The van der Waals surface area contributed by atoms with Crippen molar-refractivity contribution in [2.24, 2.45) is 0 Å². The predicted molar refractivity (Wildman–Crippen MR) is 112 cm³/mol. The van der Waals surface area contributed by atoms with Gasteiger partial charge >= 0.3 is 0 Å². The number of methoxy groups -OCH3 is 2. The molecule has 29 heavy (non-hydrogen) atoms. The molecular weight excluding hydrogens is 392 g/mol. The van der Waals surface area contributed by atoms with E-state index >= 15 is 0 Å². The van der Waals surface area contributed by atoms with Crippen molar-refractivity contribution in [2.45, 2.75) is 32.5 Å². The Morgan fingerprint density at radius 2 is 2.10 bits per heavy atom. The molecule has 1 aliphatic heterocycles. The number of amides is 1. The summed E-state index contributed by atoms with van der Waals surface area (Å²) in [5.74, 6) is 1.82. The molecule has 0 bridgehead atoms. The Hall–Kier alpha value is -2.86. The summed E-state index contributed by atoms with van der Waals surface area (Å²) >= 11 is 6.39. The molecule has 1 aliphatic rings. The van der Waals surface area contributed by atoms with Gasteiger partial charge in [-0.25, -0.2) is 0 Å². The number of nitrogens with one attached hydrogen (secondary N) is 1. The molecule has 0 aliphatic carbocycles. The summed E-state index contributed by atoms with van der Waals surface area (Å²) in [6, 6.07) is 11.1. The Labute approximate surface area is 174 Å². The van der Waals surface area contributed by atoms with E-state index in [-0.39, 0.29) is 12.0 Å². The van der Waals surface area contributed by atoms with Crippen LogP contribution in [-0.2, 0) is 13.1 Å². The fourth-order valence-electron chi connectivity index (χ4n) is 3.78. The number of hydrogen-bond donors (Lipinski definition) is 1. The number of benzene rings is 2. The van der Waals surface area contributed by atoms with E-state index in [4.69, 9.17) is 25.8 Å². The Kier molecular flexibility index (Phi) is 5.28. The van der Waals surface area contributed by atoms with E-state index in [2.05, 4.69) is 12.2 Å². The molecule has 1 amide bonds. The van der Waals surface area contributed by atoms with Crippen molar-refractivity contribution in [3.05, 3.63) is 52.7 Å². The van der Waals surface area contributed by atoms with Gasteiger partial charge in [0.05, 0.1) is 31.3 Å². The summed E-state index contributed by atoms with van der Waals surface area (Å²) in [6.07, 6.45) is 0.869. The monoisotopic (exact) mass is 414 g/mol. The minimum Gasteiger partial charge on any atom is -0.493 e. The van der Waals surface area contributed by atoms with E-state index in [1.807, 2.05) is 41.0 Å². The molecule has 2 heterocycles. The second kappa shape index (κ2) is 7.87. The number of halogens is 1. The minimum absolute atomic E-state index is 0.0179. The molecule has 152 valence electrons. The van der Waals surface area contributed by atoms with E-state index in [1.165, 1.54) is 0 Å². The van der Waals surface area contributed by atoms with Crippen LogP contribution in [0, 0.1) is 0 Å². The highest BCUT2D eigenvalue weighted by atomic mass is 35.5. The van der Waals surface area contributed by atoms with Crippen LogP contribution in [0.5, 0.6) is 17.2 Å². The van der Waals surface area contributed by atoms with Gasteiger partial charge in [0.2, 0.25) is 0 Å². The van der Waals surface area contributed by atoms with Gasteiger partial charge in [0.15, 0.2) is 11.5 Å². The number of para-hydroxylation sites is 1. The first-order valence-electron chi connectivity index (χ1n) is 9.53. The topological polar surface area (TPSA) is 61.7 Å². The smallest absolute Gasteiger partial charge is 0.268 e. The summed E-state index contributed by atoms with van der Waals surface area (Å²) in [6.45, 7) is 2.99.